The van der Waals surface area contributed by atoms with Crippen molar-refractivity contribution < 1.29 is 19.2 Å². The van der Waals surface area contributed by atoms with Crippen LogP contribution in [0.2, 0.25) is 0 Å². The number of nitrogens with zero attached hydrogens (tertiary/aromatic N) is 2. The van der Waals surface area contributed by atoms with Gasteiger partial charge in [-0.2, -0.15) is 0 Å². The van der Waals surface area contributed by atoms with Gasteiger partial charge >= 0.3 is 0 Å². The van der Waals surface area contributed by atoms with Crippen molar-refractivity contribution in [3.63, 3.8) is 0 Å². The molecular formula is C35H41N5O6. The van der Waals surface area contributed by atoms with Crippen LogP contribution in [0.5, 0.6) is 0 Å². The van der Waals surface area contributed by atoms with E-state index < -0.39 is 4.92 Å². The van der Waals surface area contributed by atoms with Gasteiger partial charge in [0.05, 0.1) is 16.1 Å². The highest BCUT2D eigenvalue weighted by Gasteiger charge is 2.39. The van der Waals surface area contributed by atoms with Crippen LogP contribution < -0.4 is 16.2 Å². The van der Waals surface area contributed by atoms with E-state index in [0.29, 0.717) is 42.4 Å². The minimum absolute atomic E-state index is 0.0955. The molecule has 4 fully saturated rings. The second-order valence-electron chi connectivity index (χ2n) is 13.6. The molecule has 242 valence electrons. The summed E-state index contributed by atoms with van der Waals surface area (Å²) in [4.78, 5) is 57.0. The number of pyridine rings is 1. The van der Waals surface area contributed by atoms with Crippen LogP contribution >= 0.6 is 0 Å². The summed E-state index contributed by atoms with van der Waals surface area (Å²) in [5.41, 5.74) is 2.03. The standard InChI is InChI=1S/C35H41N5O6/c41-31-21-25(24-5-1-2-6-27(24)36-31)33(42)38-29-8-4-3-7-28(29)37-32-26(19-23(22-9-10-22)20-30(32)40(44)45)34(43)39-15-11-35(12-16-39)13-17-46-18-14-35/h1-2,5-6,19-22,28-29,37H,3-4,7-18H2,(H,36,41)(H,38,42)/t28-,29+/m1/s1. The minimum atomic E-state index is -0.392. The number of aromatic amines is 1. The van der Waals surface area contributed by atoms with Crippen molar-refractivity contribution in [1.29, 1.82) is 0 Å². The van der Waals surface area contributed by atoms with Crippen LogP contribution in [0, 0.1) is 15.5 Å². The quantitative estimate of drug-likeness (QED) is 0.232. The first-order chi connectivity index (χ1) is 22.3. The lowest BCUT2D eigenvalue weighted by atomic mass is 9.72. The molecule has 2 atom stereocenters. The molecule has 2 aromatic carbocycles. The molecule has 1 spiro atoms. The Labute approximate surface area is 267 Å². The zero-order chi connectivity index (χ0) is 31.8. The van der Waals surface area contributed by atoms with Gasteiger partial charge in [-0.05, 0) is 80.4 Å². The molecule has 0 bridgehead atoms. The molecule has 4 aliphatic rings. The first-order valence-electron chi connectivity index (χ1n) is 16.7. The molecule has 2 aliphatic heterocycles. The Morgan fingerprint density at radius 2 is 1.65 bits per heavy atom. The van der Waals surface area contributed by atoms with Crippen molar-refractivity contribution in [3.05, 3.63) is 79.6 Å². The van der Waals surface area contributed by atoms with Gasteiger partial charge in [-0.1, -0.05) is 31.0 Å². The number of benzene rings is 2. The highest BCUT2D eigenvalue weighted by Crippen LogP contribution is 2.45. The number of amides is 2. The van der Waals surface area contributed by atoms with Gasteiger partial charge in [0, 0.05) is 61.4 Å². The lowest BCUT2D eigenvalue weighted by Gasteiger charge is -2.44. The Bertz CT molecular complexity index is 1720. The molecule has 3 N–H and O–H groups in total. The number of para-hydroxylation sites is 1. The molecule has 7 rings (SSSR count). The van der Waals surface area contributed by atoms with Crippen LogP contribution in [0.1, 0.15) is 96.4 Å². The number of anilines is 1. The Balaban J connectivity index is 1.17. The third-order valence-corrected chi connectivity index (χ3v) is 10.7. The summed E-state index contributed by atoms with van der Waals surface area (Å²) >= 11 is 0. The Morgan fingerprint density at radius 3 is 2.37 bits per heavy atom. The van der Waals surface area contributed by atoms with Crippen molar-refractivity contribution in [3.8, 4) is 0 Å². The van der Waals surface area contributed by atoms with Crippen molar-refractivity contribution in [1.82, 2.24) is 15.2 Å². The number of H-pyrrole nitrogens is 1. The number of piperidine rings is 1. The van der Waals surface area contributed by atoms with E-state index in [-0.39, 0.29) is 57.7 Å². The van der Waals surface area contributed by atoms with Crippen molar-refractivity contribution in [2.24, 2.45) is 5.41 Å². The molecule has 2 amide bonds. The molecule has 3 heterocycles. The van der Waals surface area contributed by atoms with E-state index in [1.165, 1.54) is 6.07 Å². The number of rotatable bonds is 7. The number of fused-ring (bicyclic) bond motifs is 1. The predicted octanol–water partition coefficient (Wildman–Crippen LogP) is 5.50. The van der Waals surface area contributed by atoms with E-state index >= 15 is 0 Å². The van der Waals surface area contributed by atoms with Crippen LogP contribution in [0.15, 0.2) is 47.3 Å². The summed E-state index contributed by atoms with van der Waals surface area (Å²) in [6.45, 7) is 2.75. The van der Waals surface area contributed by atoms with Gasteiger partial charge in [0.25, 0.3) is 17.5 Å². The second kappa shape index (κ2) is 12.5. The number of hydrogen-bond acceptors (Lipinski definition) is 7. The van der Waals surface area contributed by atoms with Gasteiger partial charge < -0.3 is 25.3 Å². The average Bonchev–Trinajstić information content (AvgIpc) is 3.91. The summed E-state index contributed by atoms with van der Waals surface area (Å²) in [6, 6.07) is 11.3. The molecule has 2 aliphatic carbocycles. The monoisotopic (exact) mass is 627 g/mol. The predicted molar refractivity (Wildman–Crippen MR) is 174 cm³/mol. The topological polar surface area (TPSA) is 147 Å². The molecule has 1 aromatic heterocycles. The maximum absolute atomic E-state index is 14.2. The molecule has 2 saturated heterocycles. The Hall–Kier alpha value is -4.25. The molecule has 2 saturated carbocycles. The number of nitro benzene ring substituents is 1. The smallest absolute Gasteiger partial charge is 0.293 e. The fraction of sp³-hybridized carbons (Fsp3) is 0.514. The van der Waals surface area contributed by atoms with Gasteiger partial charge in [-0.15, -0.1) is 0 Å². The van der Waals surface area contributed by atoms with Crippen molar-refractivity contribution in [2.75, 3.05) is 31.6 Å². The summed E-state index contributed by atoms with van der Waals surface area (Å²) < 4.78 is 5.59. The second-order valence-corrected chi connectivity index (χ2v) is 13.6. The lowest BCUT2D eigenvalue weighted by Crippen LogP contribution is -2.49. The largest absolute Gasteiger partial charge is 0.381 e. The number of hydrogen-bond donors (Lipinski definition) is 3. The number of nitrogens with one attached hydrogen (secondary N) is 3. The van der Waals surface area contributed by atoms with Gasteiger partial charge in [-0.3, -0.25) is 24.5 Å². The Morgan fingerprint density at radius 1 is 0.935 bits per heavy atom. The number of likely N-dealkylation sites (tertiary alicyclic amines) is 1. The van der Waals surface area contributed by atoms with E-state index in [2.05, 4.69) is 15.6 Å². The molecule has 0 unspecified atom stereocenters. The summed E-state index contributed by atoms with van der Waals surface area (Å²) in [6.07, 6.45) is 8.84. The third kappa shape index (κ3) is 6.12. The van der Waals surface area contributed by atoms with Crippen molar-refractivity contribution >= 4 is 34.1 Å². The molecule has 3 aromatic rings. The third-order valence-electron chi connectivity index (χ3n) is 10.7. The number of aromatic nitrogens is 1. The van der Waals surface area contributed by atoms with E-state index in [4.69, 9.17) is 4.74 Å². The highest BCUT2D eigenvalue weighted by atomic mass is 16.6. The number of nitro groups is 1. The van der Waals surface area contributed by atoms with E-state index in [1.807, 2.05) is 17.0 Å². The summed E-state index contributed by atoms with van der Waals surface area (Å²) in [5.74, 6) is -0.315. The zero-order valence-corrected chi connectivity index (χ0v) is 26.0. The van der Waals surface area contributed by atoms with Crippen LogP contribution in [0.4, 0.5) is 11.4 Å². The normalized spacial score (nSPS) is 22.8. The van der Waals surface area contributed by atoms with Gasteiger partial charge in [0.15, 0.2) is 0 Å². The number of carbonyl (C=O) groups excluding carboxylic acids is 2. The van der Waals surface area contributed by atoms with Crippen molar-refractivity contribution in [2.45, 2.75) is 82.2 Å². The van der Waals surface area contributed by atoms with E-state index in [0.717, 1.165) is 70.1 Å². The molecule has 11 heteroatoms. The first-order valence-corrected chi connectivity index (χ1v) is 16.7. The van der Waals surface area contributed by atoms with Crippen LogP contribution in [0.3, 0.4) is 0 Å². The number of ether oxygens (including phenoxy) is 1. The molecule has 11 nitrogen and oxygen atoms in total. The molecular weight excluding hydrogens is 586 g/mol. The van der Waals surface area contributed by atoms with Crippen LogP contribution in [-0.2, 0) is 4.74 Å². The highest BCUT2D eigenvalue weighted by molar-refractivity contribution is 6.06. The maximum Gasteiger partial charge on any atom is 0.293 e. The number of carbonyl (C=O) groups is 2. The van der Waals surface area contributed by atoms with Gasteiger partial charge in [-0.25, -0.2) is 0 Å². The average molecular weight is 628 g/mol. The Kier molecular flexibility index (Phi) is 8.27. The fourth-order valence-electron chi connectivity index (χ4n) is 7.72. The van der Waals surface area contributed by atoms with E-state index in [9.17, 15) is 24.5 Å². The van der Waals surface area contributed by atoms with Crippen LogP contribution in [0.25, 0.3) is 10.9 Å². The zero-order valence-electron chi connectivity index (χ0n) is 26.0. The van der Waals surface area contributed by atoms with Crippen LogP contribution in [-0.4, -0.2) is 65.0 Å². The maximum atomic E-state index is 14.2. The molecule has 0 radical (unpaired) electrons. The SMILES string of the molecule is O=C(N[C@H]1CCCC[C@H]1Nc1c(C(=O)N2CCC3(CCOCC3)CC2)cc(C2CC2)cc1[N+](=O)[O-])c1cc(=O)[nH]c2ccccc12. The fourth-order valence-corrected chi connectivity index (χ4v) is 7.72. The first kappa shape index (κ1) is 30.4. The minimum Gasteiger partial charge on any atom is -0.381 e. The van der Waals surface area contributed by atoms with E-state index in [1.54, 1.807) is 24.3 Å². The van der Waals surface area contributed by atoms with Gasteiger partial charge in [0.1, 0.15) is 5.69 Å². The lowest BCUT2D eigenvalue weighted by molar-refractivity contribution is -0.384. The summed E-state index contributed by atoms with van der Waals surface area (Å²) in [5, 5.41) is 19.7. The molecule has 46 heavy (non-hydrogen) atoms. The summed E-state index contributed by atoms with van der Waals surface area (Å²) in [7, 11) is 0. The van der Waals surface area contributed by atoms with Gasteiger partial charge in [0.2, 0.25) is 5.56 Å².